The minimum absolute atomic E-state index is 0.0852. The van der Waals surface area contributed by atoms with Gasteiger partial charge in [0, 0.05) is 17.0 Å². The monoisotopic (exact) mass is 257 g/mol. The normalized spacial score (nSPS) is 10.3. The first kappa shape index (κ1) is 12.6. The van der Waals surface area contributed by atoms with Crippen molar-refractivity contribution in [2.75, 3.05) is 0 Å². The molecule has 0 aliphatic heterocycles. The van der Waals surface area contributed by atoms with Gasteiger partial charge in [0.1, 0.15) is 5.84 Å². The summed E-state index contributed by atoms with van der Waals surface area (Å²) < 4.78 is 0. The second-order valence-corrected chi connectivity index (χ2v) is 5.02. The van der Waals surface area contributed by atoms with E-state index >= 15 is 0 Å². The van der Waals surface area contributed by atoms with Gasteiger partial charge in [0.05, 0.1) is 5.03 Å². The molecule has 2 aromatic rings. The molecule has 3 nitrogen and oxygen atoms in total. The molecule has 0 spiro atoms. The molecule has 0 bridgehead atoms. The molecule has 2 rings (SSSR count). The Balaban J connectivity index is 2.12. The van der Waals surface area contributed by atoms with E-state index in [-0.39, 0.29) is 5.84 Å². The van der Waals surface area contributed by atoms with Crippen LogP contribution in [0.15, 0.2) is 47.5 Å². The smallest absolute Gasteiger partial charge is 0.122 e. The number of benzene rings is 1. The molecule has 0 aliphatic carbocycles. The van der Waals surface area contributed by atoms with Crippen LogP contribution in [-0.4, -0.2) is 10.8 Å². The predicted molar refractivity (Wildman–Crippen MR) is 76.0 cm³/mol. The number of hydrogen-bond acceptors (Lipinski definition) is 3. The predicted octanol–water partition coefficient (Wildman–Crippen LogP) is 2.97. The van der Waals surface area contributed by atoms with Crippen molar-refractivity contribution in [1.29, 1.82) is 5.41 Å². The summed E-state index contributed by atoms with van der Waals surface area (Å²) in [6, 6.07) is 13.9. The second-order valence-electron chi connectivity index (χ2n) is 4.02. The van der Waals surface area contributed by atoms with Gasteiger partial charge in [0.25, 0.3) is 0 Å². The Kier molecular flexibility index (Phi) is 3.99. The highest BCUT2D eigenvalue weighted by atomic mass is 32.2. The zero-order chi connectivity index (χ0) is 13.0. The highest BCUT2D eigenvalue weighted by Gasteiger charge is 2.03. The van der Waals surface area contributed by atoms with Gasteiger partial charge >= 0.3 is 0 Å². The van der Waals surface area contributed by atoms with Crippen LogP contribution in [0.1, 0.15) is 16.8 Å². The lowest BCUT2D eigenvalue weighted by Crippen LogP contribution is -2.11. The van der Waals surface area contributed by atoms with Gasteiger partial charge in [-0.05, 0) is 24.6 Å². The average molecular weight is 257 g/mol. The van der Waals surface area contributed by atoms with E-state index in [1.165, 1.54) is 5.56 Å². The first-order valence-electron chi connectivity index (χ1n) is 5.65. The molecule has 18 heavy (non-hydrogen) atoms. The third-order valence-electron chi connectivity index (χ3n) is 2.47. The van der Waals surface area contributed by atoms with E-state index in [2.05, 4.69) is 17.1 Å². The summed E-state index contributed by atoms with van der Waals surface area (Å²) in [7, 11) is 0. The first-order chi connectivity index (χ1) is 8.65. The average Bonchev–Trinajstić information content (AvgIpc) is 2.37. The second kappa shape index (κ2) is 5.69. The topological polar surface area (TPSA) is 62.8 Å². The lowest BCUT2D eigenvalue weighted by Gasteiger charge is -2.05. The van der Waals surface area contributed by atoms with Gasteiger partial charge in [-0.15, -0.1) is 11.8 Å². The minimum Gasteiger partial charge on any atom is -0.384 e. The van der Waals surface area contributed by atoms with Gasteiger partial charge in [-0.1, -0.05) is 30.3 Å². The van der Waals surface area contributed by atoms with Gasteiger partial charge in [-0.3, -0.25) is 5.41 Å². The summed E-state index contributed by atoms with van der Waals surface area (Å²) in [5.74, 6) is 0.955. The molecule has 0 unspecified atom stereocenters. The molecule has 0 amide bonds. The fraction of sp³-hybridized carbons (Fsp3) is 0.143. The third kappa shape index (κ3) is 3.34. The van der Waals surface area contributed by atoms with E-state index in [1.54, 1.807) is 11.8 Å². The maximum atomic E-state index is 7.47. The standard InChI is InChI=1S/C14H15N3S/c1-10-7-12(14(15)16)8-13(17-10)18-9-11-5-3-2-4-6-11/h2-8H,9H2,1H3,(H3,15,16). The molecule has 0 saturated carbocycles. The van der Waals surface area contributed by atoms with Crippen LogP contribution in [0.2, 0.25) is 0 Å². The Labute approximate surface area is 111 Å². The lowest BCUT2D eigenvalue weighted by molar-refractivity contribution is 1.06. The summed E-state index contributed by atoms with van der Waals surface area (Å²) in [6.07, 6.45) is 0. The van der Waals surface area contributed by atoms with Crippen LogP contribution in [0, 0.1) is 12.3 Å². The summed E-state index contributed by atoms with van der Waals surface area (Å²) in [5, 5.41) is 8.37. The maximum Gasteiger partial charge on any atom is 0.122 e. The van der Waals surface area contributed by atoms with E-state index < -0.39 is 0 Å². The molecule has 3 N–H and O–H groups in total. The molecule has 0 atom stereocenters. The number of aromatic nitrogens is 1. The highest BCUT2D eigenvalue weighted by Crippen LogP contribution is 2.22. The zero-order valence-electron chi connectivity index (χ0n) is 10.2. The van der Waals surface area contributed by atoms with Crippen LogP contribution in [0.3, 0.4) is 0 Å². The molecule has 4 heteroatoms. The zero-order valence-corrected chi connectivity index (χ0v) is 11.0. The number of nitrogens with one attached hydrogen (secondary N) is 1. The molecule has 0 fully saturated rings. The van der Waals surface area contributed by atoms with Crippen molar-refractivity contribution in [2.24, 2.45) is 5.73 Å². The SMILES string of the molecule is Cc1cc(C(=N)N)cc(SCc2ccccc2)n1. The van der Waals surface area contributed by atoms with Crippen molar-refractivity contribution in [3.05, 3.63) is 59.3 Å². The first-order valence-corrected chi connectivity index (χ1v) is 6.63. The van der Waals surface area contributed by atoms with Crippen LogP contribution >= 0.6 is 11.8 Å². The number of thioether (sulfide) groups is 1. The summed E-state index contributed by atoms with van der Waals surface area (Å²) in [4.78, 5) is 4.44. The summed E-state index contributed by atoms with van der Waals surface area (Å²) >= 11 is 1.66. The number of rotatable bonds is 4. The summed E-state index contributed by atoms with van der Waals surface area (Å²) in [6.45, 7) is 1.92. The Morgan fingerprint density at radius 3 is 2.67 bits per heavy atom. The van der Waals surface area contributed by atoms with Gasteiger partial charge in [0.2, 0.25) is 0 Å². The number of nitrogen functional groups attached to an aromatic ring is 1. The maximum absolute atomic E-state index is 7.47. The minimum atomic E-state index is 0.0852. The van der Waals surface area contributed by atoms with Crippen LogP contribution < -0.4 is 5.73 Å². The van der Waals surface area contributed by atoms with Gasteiger partial charge in [-0.2, -0.15) is 0 Å². The van der Waals surface area contributed by atoms with Crippen molar-refractivity contribution in [3.63, 3.8) is 0 Å². The fourth-order valence-corrected chi connectivity index (χ4v) is 2.52. The molecule has 0 saturated heterocycles. The highest BCUT2D eigenvalue weighted by molar-refractivity contribution is 7.98. The lowest BCUT2D eigenvalue weighted by atomic mass is 10.2. The molecule has 1 heterocycles. The molecule has 92 valence electrons. The molecule has 1 aromatic heterocycles. The van der Waals surface area contributed by atoms with E-state index in [0.29, 0.717) is 0 Å². The van der Waals surface area contributed by atoms with Gasteiger partial charge in [0.15, 0.2) is 0 Å². The molecule has 0 radical (unpaired) electrons. The van der Waals surface area contributed by atoms with Gasteiger partial charge < -0.3 is 5.73 Å². The van der Waals surface area contributed by atoms with Crippen molar-refractivity contribution < 1.29 is 0 Å². The third-order valence-corrected chi connectivity index (χ3v) is 3.45. The van der Waals surface area contributed by atoms with Crippen LogP contribution in [0.4, 0.5) is 0 Å². The van der Waals surface area contributed by atoms with Crippen molar-refractivity contribution >= 4 is 17.6 Å². The van der Waals surface area contributed by atoms with Crippen molar-refractivity contribution in [2.45, 2.75) is 17.7 Å². The number of nitrogens with two attached hydrogens (primary N) is 1. The molecular weight excluding hydrogens is 242 g/mol. The molecule has 0 aliphatic rings. The quantitative estimate of drug-likeness (QED) is 0.503. The number of pyridine rings is 1. The van der Waals surface area contributed by atoms with E-state index in [0.717, 1.165) is 22.0 Å². The largest absolute Gasteiger partial charge is 0.384 e. The van der Waals surface area contributed by atoms with Crippen LogP contribution in [-0.2, 0) is 5.75 Å². The Morgan fingerprint density at radius 2 is 2.00 bits per heavy atom. The van der Waals surface area contributed by atoms with Crippen LogP contribution in [0.5, 0.6) is 0 Å². The number of nitrogens with zero attached hydrogens (tertiary/aromatic N) is 1. The van der Waals surface area contributed by atoms with Gasteiger partial charge in [-0.25, -0.2) is 4.98 Å². The van der Waals surface area contributed by atoms with Crippen molar-refractivity contribution in [1.82, 2.24) is 4.98 Å². The van der Waals surface area contributed by atoms with Crippen molar-refractivity contribution in [3.8, 4) is 0 Å². The van der Waals surface area contributed by atoms with E-state index in [4.69, 9.17) is 11.1 Å². The Morgan fingerprint density at radius 1 is 1.28 bits per heavy atom. The Hall–Kier alpha value is -1.81. The fourth-order valence-electron chi connectivity index (χ4n) is 1.60. The Bertz CT molecular complexity index is 552. The molecular formula is C14H15N3S. The number of amidine groups is 1. The van der Waals surface area contributed by atoms with Crippen LogP contribution in [0.25, 0.3) is 0 Å². The summed E-state index contributed by atoms with van der Waals surface area (Å²) in [5.41, 5.74) is 8.39. The number of aryl methyl sites for hydroxylation is 1. The number of hydrogen-bond donors (Lipinski definition) is 2. The molecule has 1 aromatic carbocycles. The van der Waals surface area contributed by atoms with E-state index in [1.807, 2.05) is 37.3 Å². The van der Waals surface area contributed by atoms with E-state index in [9.17, 15) is 0 Å².